The van der Waals surface area contributed by atoms with E-state index in [2.05, 4.69) is 44.6 Å². The van der Waals surface area contributed by atoms with Gasteiger partial charge in [0, 0.05) is 25.4 Å². The fourth-order valence-electron chi connectivity index (χ4n) is 5.10. The number of thioether (sulfide) groups is 1. The number of likely N-dealkylation sites (tertiary alicyclic amines) is 1. The lowest BCUT2D eigenvalue weighted by Crippen LogP contribution is -2.45. The number of aromatic nitrogens is 4. The van der Waals surface area contributed by atoms with E-state index >= 15 is 0 Å². The summed E-state index contributed by atoms with van der Waals surface area (Å²) in [4.78, 5) is 14.9. The Morgan fingerprint density at radius 3 is 2.76 bits per heavy atom. The number of alkyl halides is 3. The molecule has 2 aliphatic heterocycles. The van der Waals surface area contributed by atoms with Gasteiger partial charge >= 0.3 is 5.51 Å². The maximum absolute atomic E-state index is 13.6. The molecule has 2 aliphatic rings. The van der Waals surface area contributed by atoms with Crippen molar-refractivity contribution < 1.29 is 27.4 Å². The van der Waals surface area contributed by atoms with Crippen LogP contribution in [0.2, 0.25) is 0 Å². The Kier molecular flexibility index (Phi) is 9.39. The average molecular weight is 592 g/mol. The molecule has 0 spiro atoms. The number of hydrogen-bond donors (Lipinski definition) is 2. The number of amides is 1. The molecule has 0 radical (unpaired) electrons. The summed E-state index contributed by atoms with van der Waals surface area (Å²) in [6.07, 6.45) is 3.20. The molecular weight excluding hydrogens is 559 g/mol. The van der Waals surface area contributed by atoms with Gasteiger partial charge in [-0.15, -0.1) is 0 Å². The molecule has 0 saturated carbocycles. The van der Waals surface area contributed by atoms with Gasteiger partial charge in [0.2, 0.25) is 0 Å². The minimum absolute atomic E-state index is 0.00603. The molecule has 5 heterocycles. The van der Waals surface area contributed by atoms with Crippen molar-refractivity contribution in [3.63, 3.8) is 0 Å². The smallest absolute Gasteiger partial charge is 0.379 e. The standard InChI is InChI=1S/C27H32F3N7O3S/c1-35-12-8-20-19(18-35)9-14-39-16-17-40-15-13-36-23(7-11-32-36)26(38)31-10-3-4-21-25(41-27(28,29)30)22-5-2-6-24(33-20)37(22)34-21/h2,5-7,11,19-20,33H,8-10,12-18H2,1H3,(H,31,38). The lowest BCUT2D eigenvalue weighted by atomic mass is 9.89. The third-order valence-corrected chi connectivity index (χ3v) is 7.88. The van der Waals surface area contributed by atoms with Crippen molar-refractivity contribution in [3.05, 3.63) is 41.9 Å². The predicted octanol–water partition coefficient (Wildman–Crippen LogP) is 3.09. The zero-order chi connectivity index (χ0) is 28.8. The van der Waals surface area contributed by atoms with Crippen LogP contribution in [-0.4, -0.2) is 94.9 Å². The second-order valence-electron chi connectivity index (χ2n) is 9.93. The molecule has 2 N–H and O–H groups in total. The quantitative estimate of drug-likeness (QED) is 0.329. The molecule has 10 nitrogen and oxygen atoms in total. The maximum atomic E-state index is 13.6. The predicted molar refractivity (Wildman–Crippen MR) is 148 cm³/mol. The first-order valence-electron chi connectivity index (χ1n) is 13.5. The topological polar surface area (TPSA) is 98.0 Å². The molecule has 41 heavy (non-hydrogen) atoms. The van der Waals surface area contributed by atoms with Crippen LogP contribution in [0.15, 0.2) is 35.4 Å². The van der Waals surface area contributed by atoms with Gasteiger partial charge in [-0.05, 0) is 68.2 Å². The molecule has 2 atom stereocenters. The molecule has 1 amide bonds. The van der Waals surface area contributed by atoms with E-state index in [0.29, 0.717) is 50.0 Å². The zero-order valence-corrected chi connectivity index (χ0v) is 23.4. The van der Waals surface area contributed by atoms with Crippen LogP contribution in [0, 0.1) is 17.8 Å². The van der Waals surface area contributed by atoms with Crippen LogP contribution >= 0.6 is 11.8 Å². The third-order valence-electron chi connectivity index (χ3n) is 7.05. The molecule has 3 aromatic rings. The van der Waals surface area contributed by atoms with Gasteiger partial charge in [0.25, 0.3) is 5.91 Å². The number of piperidine rings is 1. The number of fused-ring (bicyclic) bond motifs is 3. The van der Waals surface area contributed by atoms with Crippen LogP contribution in [0.1, 0.15) is 29.0 Å². The number of nitrogens with one attached hydrogen (secondary N) is 2. The second kappa shape index (κ2) is 13.2. The SMILES string of the molecule is CN1CCC2Nc3cccc4c(SC(F)(F)F)c(nn34)C#CCNC(=O)c3ccnn3CCOCCOCCC2C1. The zero-order valence-electron chi connectivity index (χ0n) is 22.6. The summed E-state index contributed by atoms with van der Waals surface area (Å²) in [5.41, 5.74) is -3.89. The highest BCUT2D eigenvalue weighted by Gasteiger charge is 2.33. The lowest BCUT2D eigenvalue weighted by Gasteiger charge is -2.37. The van der Waals surface area contributed by atoms with E-state index in [9.17, 15) is 18.0 Å². The normalized spacial score (nSPS) is 21.9. The van der Waals surface area contributed by atoms with Gasteiger partial charge in [-0.2, -0.15) is 23.4 Å². The van der Waals surface area contributed by atoms with E-state index in [4.69, 9.17) is 9.47 Å². The molecule has 1 fully saturated rings. The molecule has 220 valence electrons. The van der Waals surface area contributed by atoms with E-state index in [-0.39, 0.29) is 40.9 Å². The van der Waals surface area contributed by atoms with Crippen molar-refractivity contribution in [2.24, 2.45) is 5.92 Å². The highest BCUT2D eigenvalue weighted by molar-refractivity contribution is 8.00. The van der Waals surface area contributed by atoms with Crippen molar-refractivity contribution in [2.75, 3.05) is 58.4 Å². The van der Waals surface area contributed by atoms with Crippen LogP contribution in [0.3, 0.4) is 0 Å². The van der Waals surface area contributed by atoms with Gasteiger partial charge < -0.3 is 25.0 Å². The molecule has 5 rings (SSSR count). The van der Waals surface area contributed by atoms with Gasteiger partial charge in [-0.25, -0.2) is 4.52 Å². The molecule has 0 aliphatic carbocycles. The number of halogens is 3. The van der Waals surface area contributed by atoms with Gasteiger partial charge in [0.05, 0.1) is 43.3 Å². The Morgan fingerprint density at radius 1 is 1.10 bits per heavy atom. The summed E-state index contributed by atoms with van der Waals surface area (Å²) in [5.74, 6) is 5.96. The third kappa shape index (κ3) is 7.53. The molecule has 2 bridgehead atoms. The van der Waals surface area contributed by atoms with E-state index in [1.807, 2.05) is 6.07 Å². The van der Waals surface area contributed by atoms with E-state index in [0.717, 1.165) is 25.9 Å². The largest absolute Gasteiger partial charge is 0.446 e. The van der Waals surface area contributed by atoms with Crippen molar-refractivity contribution in [3.8, 4) is 11.8 Å². The number of nitrogens with zero attached hydrogens (tertiary/aromatic N) is 5. The summed E-state index contributed by atoms with van der Waals surface area (Å²) in [6.45, 7) is 3.85. The molecule has 2 unspecified atom stereocenters. The maximum Gasteiger partial charge on any atom is 0.446 e. The number of rotatable bonds is 1. The number of carbonyl (C=O) groups excluding carboxylic acids is 1. The first-order chi connectivity index (χ1) is 19.8. The highest BCUT2D eigenvalue weighted by Crippen LogP contribution is 2.41. The Bertz CT molecular complexity index is 1410. The molecule has 1 saturated heterocycles. The first-order valence-corrected chi connectivity index (χ1v) is 14.3. The van der Waals surface area contributed by atoms with Gasteiger partial charge in [0.15, 0.2) is 0 Å². The van der Waals surface area contributed by atoms with Gasteiger partial charge in [-0.1, -0.05) is 12.0 Å². The van der Waals surface area contributed by atoms with E-state index in [1.54, 1.807) is 18.2 Å². The minimum atomic E-state index is -4.53. The monoisotopic (exact) mass is 591 g/mol. The summed E-state index contributed by atoms with van der Waals surface area (Å²) in [7, 11) is 2.08. The highest BCUT2D eigenvalue weighted by atomic mass is 32.2. The number of ether oxygens (including phenoxy) is 2. The molecule has 14 heteroatoms. The first kappa shape index (κ1) is 29.2. The number of pyridine rings is 1. The van der Waals surface area contributed by atoms with Crippen molar-refractivity contribution in [1.82, 2.24) is 29.6 Å². The molecule has 0 aromatic carbocycles. The molecular formula is C27H32F3N7O3S. The van der Waals surface area contributed by atoms with Crippen molar-refractivity contribution >= 4 is 29.0 Å². The summed E-state index contributed by atoms with van der Waals surface area (Å²) in [6, 6.07) is 6.79. The van der Waals surface area contributed by atoms with Crippen LogP contribution in [0.5, 0.6) is 0 Å². The van der Waals surface area contributed by atoms with Crippen LogP contribution in [0.25, 0.3) is 5.52 Å². The van der Waals surface area contributed by atoms with Gasteiger partial charge in [-0.3, -0.25) is 9.48 Å². The Labute approximate surface area is 239 Å². The average Bonchev–Trinajstić information content (AvgIpc) is 3.53. The lowest BCUT2D eigenvalue weighted by molar-refractivity contribution is -0.0327. The van der Waals surface area contributed by atoms with Crippen LogP contribution < -0.4 is 10.6 Å². The summed E-state index contributed by atoms with van der Waals surface area (Å²) in [5, 5.41) is 14.9. The number of carbonyl (C=O) groups is 1. The summed E-state index contributed by atoms with van der Waals surface area (Å²) < 4.78 is 55.2. The summed E-state index contributed by atoms with van der Waals surface area (Å²) >= 11 is -0.239. The minimum Gasteiger partial charge on any atom is -0.379 e. The second-order valence-corrected chi connectivity index (χ2v) is 11.0. The Balaban J connectivity index is 1.46. The van der Waals surface area contributed by atoms with Gasteiger partial charge in [0.1, 0.15) is 17.2 Å². The Hall–Kier alpha value is -3.25. The van der Waals surface area contributed by atoms with Crippen LogP contribution in [0.4, 0.5) is 19.0 Å². The number of hydrogen-bond acceptors (Lipinski definition) is 8. The Morgan fingerprint density at radius 2 is 1.93 bits per heavy atom. The van der Waals surface area contributed by atoms with Crippen molar-refractivity contribution in [2.45, 2.75) is 35.8 Å². The molecule has 3 aromatic heterocycles. The fraction of sp³-hybridized carbons (Fsp3) is 0.519. The van der Waals surface area contributed by atoms with E-state index < -0.39 is 11.4 Å². The van der Waals surface area contributed by atoms with Crippen molar-refractivity contribution in [1.29, 1.82) is 0 Å². The number of anilines is 1. The van der Waals surface area contributed by atoms with Crippen LogP contribution in [-0.2, 0) is 16.0 Å². The fourth-order valence-corrected chi connectivity index (χ4v) is 5.77. The van der Waals surface area contributed by atoms with E-state index in [1.165, 1.54) is 15.4 Å².